The molecule has 1 aliphatic rings. The number of carboxylic acids is 1. The number of carbonyl (C=O) groups is 2. The van der Waals surface area contributed by atoms with Gasteiger partial charge in [0.25, 0.3) is 5.91 Å². The molecule has 0 saturated heterocycles. The molecule has 0 unspecified atom stereocenters. The monoisotopic (exact) mass is 353 g/mol. The highest BCUT2D eigenvalue weighted by Gasteiger charge is 2.42. The van der Waals surface area contributed by atoms with Gasteiger partial charge < -0.3 is 10.4 Å². The van der Waals surface area contributed by atoms with Crippen molar-refractivity contribution in [3.8, 4) is 0 Å². The van der Waals surface area contributed by atoms with Crippen LogP contribution in [0.1, 0.15) is 48.5 Å². The van der Waals surface area contributed by atoms with Crippen LogP contribution in [-0.2, 0) is 14.6 Å². The van der Waals surface area contributed by atoms with Crippen LogP contribution in [0.5, 0.6) is 0 Å². The third-order valence-corrected chi connectivity index (χ3v) is 5.88. The van der Waals surface area contributed by atoms with E-state index in [0.29, 0.717) is 24.3 Å². The maximum Gasteiger partial charge on any atom is 0.329 e. The van der Waals surface area contributed by atoms with E-state index in [1.165, 1.54) is 12.1 Å². The Morgan fingerprint density at radius 2 is 1.83 bits per heavy atom. The maximum atomic E-state index is 12.6. The molecule has 2 N–H and O–H groups in total. The summed E-state index contributed by atoms with van der Waals surface area (Å²) < 4.78 is 23.4. The third kappa shape index (κ3) is 3.77. The number of aliphatic carboxylic acids is 1. The van der Waals surface area contributed by atoms with E-state index in [4.69, 9.17) is 0 Å². The Bertz CT molecular complexity index is 761. The molecule has 24 heavy (non-hydrogen) atoms. The number of aryl methyl sites for hydroxylation is 1. The van der Waals surface area contributed by atoms with Crippen molar-refractivity contribution in [2.75, 3.05) is 6.26 Å². The fourth-order valence-corrected chi connectivity index (χ4v) is 3.66. The van der Waals surface area contributed by atoms with Gasteiger partial charge in [-0.25, -0.2) is 13.2 Å². The van der Waals surface area contributed by atoms with Crippen molar-refractivity contribution in [2.24, 2.45) is 5.92 Å². The minimum Gasteiger partial charge on any atom is -0.480 e. The standard InChI is InChI=1S/C17H23NO5S/c1-11-6-8-17(9-7-11,16(20)21)18-15(19)14-10-13(24(3,22)23)5-4-12(14)2/h4-5,10-11H,6-9H2,1-3H3,(H,18,19)(H,20,21). The molecule has 1 aliphatic carbocycles. The number of hydrogen-bond donors (Lipinski definition) is 2. The first-order valence-electron chi connectivity index (χ1n) is 7.92. The van der Waals surface area contributed by atoms with Crippen LogP contribution in [0, 0.1) is 12.8 Å². The van der Waals surface area contributed by atoms with E-state index in [2.05, 4.69) is 12.2 Å². The summed E-state index contributed by atoms with van der Waals surface area (Å²) in [6.07, 6.45) is 3.28. The van der Waals surface area contributed by atoms with Gasteiger partial charge in [-0.3, -0.25) is 4.79 Å². The van der Waals surface area contributed by atoms with Gasteiger partial charge in [0, 0.05) is 11.8 Å². The minimum atomic E-state index is -3.44. The molecule has 0 atom stereocenters. The van der Waals surface area contributed by atoms with Crippen molar-refractivity contribution in [3.05, 3.63) is 29.3 Å². The van der Waals surface area contributed by atoms with E-state index >= 15 is 0 Å². The lowest BCUT2D eigenvalue weighted by Gasteiger charge is -2.36. The number of nitrogens with one attached hydrogen (secondary N) is 1. The van der Waals surface area contributed by atoms with Gasteiger partial charge in [0.05, 0.1) is 4.90 Å². The molecular weight excluding hydrogens is 330 g/mol. The summed E-state index contributed by atoms with van der Waals surface area (Å²) >= 11 is 0. The summed E-state index contributed by atoms with van der Waals surface area (Å²) in [6.45, 7) is 3.75. The van der Waals surface area contributed by atoms with Crippen LogP contribution in [0.15, 0.2) is 23.1 Å². The molecule has 1 aromatic carbocycles. The Hall–Kier alpha value is -1.89. The first-order valence-corrected chi connectivity index (χ1v) is 9.81. The van der Waals surface area contributed by atoms with E-state index in [9.17, 15) is 23.1 Å². The van der Waals surface area contributed by atoms with E-state index < -0.39 is 27.3 Å². The molecule has 0 heterocycles. The number of carboxylic acid groups (broad SMARTS) is 1. The highest BCUT2D eigenvalue weighted by Crippen LogP contribution is 2.32. The first-order chi connectivity index (χ1) is 11.0. The van der Waals surface area contributed by atoms with Gasteiger partial charge in [0.2, 0.25) is 0 Å². The summed E-state index contributed by atoms with van der Waals surface area (Å²) in [4.78, 5) is 24.4. The fourth-order valence-electron chi connectivity index (χ4n) is 3.01. The summed E-state index contributed by atoms with van der Waals surface area (Å²) in [5.74, 6) is -1.15. The number of rotatable bonds is 4. The molecule has 7 heteroatoms. The van der Waals surface area contributed by atoms with Gasteiger partial charge in [-0.15, -0.1) is 0 Å². The van der Waals surface area contributed by atoms with Crippen molar-refractivity contribution in [3.63, 3.8) is 0 Å². The number of benzene rings is 1. The Morgan fingerprint density at radius 3 is 2.33 bits per heavy atom. The molecule has 0 spiro atoms. The Morgan fingerprint density at radius 1 is 1.25 bits per heavy atom. The molecule has 1 saturated carbocycles. The molecule has 0 bridgehead atoms. The molecular formula is C17H23NO5S. The molecule has 2 rings (SSSR count). The lowest BCUT2D eigenvalue weighted by molar-refractivity contribution is -0.146. The molecule has 0 aliphatic heterocycles. The minimum absolute atomic E-state index is 0.0416. The van der Waals surface area contributed by atoms with E-state index in [1.54, 1.807) is 13.0 Å². The van der Waals surface area contributed by atoms with Gasteiger partial charge in [-0.05, 0) is 56.2 Å². The number of hydrogen-bond acceptors (Lipinski definition) is 4. The smallest absolute Gasteiger partial charge is 0.329 e. The summed E-state index contributed by atoms with van der Waals surface area (Å²) in [6, 6.07) is 4.30. The fraction of sp³-hybridized carbons (Fsp3) is 0.529. The van der Waals surface area contributed by atoms with Gasteiger partial charge >= 0.3 is 5.97 Å². The highest BCUT2D eigenvalue weighted by atomic mass is 32.2. The lowest BCUT2D eigenvalue weighted by atomic mass is 9.77. The molecule has 0 radical (unpaired) electrons. The zero-order valence-electron chi connectivity index (χ0n) is 14.1. The van der Waals surface area contributed by atoms with Crippen LogP contribution < -0.4 is 5.32 Å². The molecule has 1 fully saturated rings. The average Bonchev–Trinajstić information content (AvgIpc) is 2.48. The molecule has 0 aromatic heterocycles. The van der Waals surface area contributed by atoms with Gasteiger partial charge in [-0.1, -0.05) is 13.0 Å². The van der Waals surface area contributed by atoms with Crippen molar-refractivity contribution < 1.29 is 23.1 Å². The predicted octanol–water partition coefficient (Wildman–Crippen LogP) is 2.16. The average molecular weight is 353 g/mol. The summed E-state index contributed by atoms with van der Waals surface area (Å²) in [5, 5.41) is 12.3. The quantitative estimate of drug-likeness (QED) is 0.864. The lowest BCUT2D eigenvalue weighted by Crippen LogP contribution is -2.56. The molecule has 1 amide bonds. The van der Waals surface area contributed by atoms with E-state index in [-0.39, 0.29) is 10.5 Å². The number of carbonyl (C=O) groups excluding carboxylic acids is 1. The van der Waals surface area contributed by atoms with Gasteiger partial charge in [-0.2, -0.15) is 0 Å². The SMILES string of the molecule is Cc1ccc(S(C)(=O)=O)cc1C(=O)NC1(C(=O)O)CCC(C)CC1. The largest absolute Gasteiger partial charge is 0.480 e. The topological polar surface area (TPSA) is 101 Å². The maximum absolute atomic E-state index is 12.6. The van der Waals surface area contributed by atoms with Crippen molar-refractivity contribution in [2.45, 2.75) is 50.0 Å². The second kappa shape index (κ2) is 6.55. The predicted molar refractivity (Wildman–Crippen MR) is 89.8 cm³/mol. The van der Waals surface area contributed by atoms with Gasteiger partial charge in [0.15, 0.2) is 9.84 Å². The summed E-state index contributed by atoms with van der Waals surface area (Å²) in [7, 11) is -3.44. The van der Waals surface area contributed by atoms with Crippen molar-refractivity contribution >= 4 is 21.7 Å². The zero-order chi connectivity index (χ0) is 18.1. The van der Waals surface area contributed by atoms with E-state index in [1.807, 2.05) is 0 Å². The molecule has 6 nitrogen and oxygen atoms in total. The van der Waals surface area contributed by atoms with Crippen LogP contribution in [0.3, 0.4) is 0 Å². The van der Waals surface area contributed by atoms with Gasteiger partial charge in [0.1, 0.15) is 5.54 Å². The Balaban J connectivity index is 2.33. The van der Waals surface area contributed by atoms with Crippen LogP contribution in [0.25, 0.3) is 0 Å². The van der Waals surface area contributed by atoms with E-state index in [0.717, 1.165) is 19.1 Å². The van der Waals surface area contributed by atoms with Crippen molar-refractivity contribution in [1.82, 2.24) is 5.32 Å². The zero-order valence-corrected chi connectivity index (χ0v) is 14.9. The molecule has 1 aromatic rings. The summed E-state index contributed by atoms with van der Waals surface area (Å²) in [5.41, 5.74) is -0.487. The van der Waals surface area contributed by atoms with Crippen LogP contribution in [0.4, 0.5) is 0 Å². The number of amides is 1. The van der Waals surface area contributed by atoms with Crippen molar-refractivity contribution in [1.29, 1.82) is 0 Å². The second-order valence-electron chi connectivity index (χ2n) is 6.77. The van der Waals surface area contributed by atoms with Crippen LogP contribution in [-0.4, -0.2) is 37.2 Å². The van der Waals surface area contributed by atoms with Crippen LogP contribution >= 0.6 is 0 Å². The number of sulfone groups is 1. The Kier molecular flexibility index (Phi) is 5.03. The van der Waals surface area contributed by atoms with Crippen LogP contribution in [0.2, 0.25) is 0 Å². The third-order valence-electron chi connectivity index (χ3n) is 4.77. The second-order valence-corrected chi connectivity index (χ2v) is 8.79. The normalized spacial score (nSPS) is 24.4. The first kappa shape index (κ1) is 18.4. The highest BCUT2D eigenvalue weighted by molar-refractivity contribution is 7.90. The Labute approximate surface area is 142 Å². The molecule has 132 valence electrons.